The van der Waals surface area contributed by atoms with Crippen LogP contribution in [0.25, 0.3) is 43.1 Å². The molecule has 0 atom stereocenters. The number of hydrogen-bond acceptors (Lipinski definition) is 0. The summed E-state index contributed by atoms with van der Waals surface area (Å²) in [5.41, 5.74) is 4.11. The zero-order valence-corrected chi connectivity index (χ0v) is 42.7. The molecule has 0 saturated carbocycles. The Hall–Kier alpha value is -3.98. The van der Waals surface area contributed by atoms with Crippen LogP contribution in [-0.4, -0.2) is 17.6 Å². The summed E-state index contributed by atoms with van der Waals surface area (Å²) < 4.78 is 0. The molecule has 0 aliphatic heterocycles. The molecule has 298 valence electrons. The van der Waals surface area contributed by atoms with E-state index in [0.717, 1.165) is 0 Å². The van der Waals surface area contributed by atoms with Gasteiger partial charge in [0.2, 0.25) is 0 Å². The van der Waals surface area contributed by atoms with Crippen LogP contribution in [0.5, 0.6) is 0 Å². The number of hydrogen-bond donors (Lipinski definition) is 0. The van der Waals surface area contributed by atoms with Gasteiger partial charge in [0, 0.05) is 0 Å². The Morgan fingerprint density at radius 1 is 0.333 bits per heavy atom. The van der Waals surface area contributed by atoms with Gasteiger partial charge in [-0.1, -0.05) is 120 Å². The topological polar surface area (TPSA) is 0 Å². The van der Waals surface area contributed by atoms with Gasteiger partial charge in [-0.25, -0.2) is 0 Å². The molecule has 10 rings (SSSR count). The number of rotatable bonds is 4. The maximum atomic E-state index is 3.78. The zero-order chi connectivity index (χ0) is 39.2. The molecule has 0 saturated heterocycles. The molecular formula is C54H50Cl2Si2Zr2-2. The fourth-order valence-corrected chi connectivity index (χ4v) is 7.83. The molecule has 0 aliphatic rings. The maximum Gasteiger partial charge on any atom is 2.00 e. The van der Waals surface area contributed by atoms with Gasteiger partial charge in [-0.2, -0.15) is 70.1 Å². The molecule has 0 aliphatic carbocycles. The van der Waals surface area contributed by atoms with Gasteiger partial charge in [0.1, 0.15) is 17.6 Å². The molecule has 0 unspecified atom stereocenters. The predicted molar refractivity (Wildman–Crippen MR) is 254 cm³/mol. The van der Waals surface area contributed by atoms with Crippen molar-refractivity contribution in [1.29, 1.82) is 0 Å². The smallest absolute Gasteiger partial charge is 1.00 e. The quantitative estimate of drug-likeness (QED) is 0.125. The van der Waals surface area contributed by atoms with Crippen LogP contribution in [0.4, 0.5) is 0 Å². The predicted octanol–water partition coefficient (Wildman–Crippen LogP) is 7.72. The standard InChI is InChI=1S/2C9H11Si.4C9H7.2ClH.2Zr/c2*1-3-10(2)9-7-5-4-6-8-9;4*1-2-5-9-7-3-6-8(9)4-1;;;;/h2*3-8H,1H2,2H3;4*1-7H;2*1H;;/q;;4*-1;;;2*+2/p-2. The van der Waals surface area contributed by atoms with Crippen molar-refractivity contribution in [3.63, 3.8) is 0 Å². The summed E-state index contributed by atoms with van der Waals surface area (Å²) in [6.45, 7) is 12.1. The van der Waals surface area contributed by atoms with Crippen LogP contribution >= 0.6 is 0 Å². The second-order valence-electron chi connectivity index (χ2n) is 13.1. The third-order valence-electron chi connectivity index (χ3n) is 9.26. The summed E-state index contributed by atoms with van der Waals surface area (Å²) in [5, 5.41) is 13.5. The SMILES string of the molecule is C=C[Si](C)c1ccccc1.C=C[Si](C)c1ccccc1.[Cl-].[Cl-].[Zr+2].[Zr+2].c1ccc2[cH-]ccc2c1.c1ccc2[cH-]ccc2c1.c1ccc2[cH-]ccc2c1.c1ccc2[cH-]ccc2c1. The first kappa shape index (κ1) is 54.0. The van der Waals surface area contributed by atoms with E-state index in [1.54, 1.807) is 0 Å². The Morgan fingerprint density at radius 3 is 0.767 bits per heavy atom. The molecule has 6 heteroatoms. The van der Waals surface area contributed by atoms with Crippen LogP contribution in [0.15, 0.2) is 255 Å². The Bertz CT molecular complexity index is 2150. The molecule has 10 aromatic rings. The molecular weight excluding hydrogens is 958 g/mol. The summed E-state index contributed by atoms with van der Waals surface area (Å²) in [6, 6.07) is 79.7. The molecule has 0 bridgehead atoms. The van der Waals surface area contributed by atoms with E-state index in [9.17, 15) is 0 Å². The van der Waals surface area contributed by atoms with Crippen LogP contribution in [-0.2, 0) is 52.4 Å². The fourth-order valence-electron chi connectivity index (χ4n) is 5.92. The molecule has 10 aromatic carbocycles. The van der Waals surface area contributed by atoms with Crippen molar-refractivity contribution >= 4 is 71.1 Å². The number of fused-ring (bicyclic) bond motifs is 4. The molecule has 0 heterocycles. The molecule has 0 fully saturated rings. The van der Waals surface area contributed by atoms with Gasteiger partial charge in [-0.3, -0.25) is 0 Å². The largest absolute Gasteiger partial charge is 2.00 e. The summed E-state index contributed by atoms with van der Waals surface area (Å²) >= 11 is 0. The molecule has 0 N–H and O–H groups in total. The first-order chi connectivity index (χ1) is 27.6. The third kappa shape index (κ3) is 17.9. The van der Waals surface area contributed by atoms with E-state index in [0.29, 0.717) is 0 Å². The molecule has 0 aromatic heterocycles. The van der Waals surface area contributed by atoms with Crippen molar-refractivity contribution in [3.8, 4) is 0 Å². The van der Waals surface area contributed by atoms with E-state index in [1.165, 1.54) is 53.5 Å². The molecule has 60 heavy (non-hydrogen) atoms. The normalized spacial score (nSPS) is 9.40. The van der Waals surface area contributed by atoms with Crippen LogP contribution in [0, 0.1) is 0 Å². The van der Waals surface area contributed by atoms with Crippen LogP contribution < -0.4 is 35.2 Å². The molecule has 0 amide bonds. The van der Waals surface area contributed by atoms with Crippen molar-refractivity contribution < 1.29 is 77.2 Å². The third-order valence-corrected chi connectivity index (χ3v) is 13.0. The molecule has 0 nitrogen and oxygen atoms in total. The van der Waals surface area contributed by atoms with Crippen LogP contribution in [0.3, 0.4) is 0 Å². The Kier molecular flexibility index (Phi) is 27.9. The number of halogens is 2. The van der Waals surface area contributed by atoms with Crippen molar-refractivity contribution in [1.82, 2.24) is 0 Å². The minimum Gasteiger partial charge on any atom is -1.00 e. The zero-order valence-electron chi connectivity index (χ0n) is 34.3. The van der Waals surface area contributed by atoms with E-state index in [4.69, 9.17) is 0 Å². The van der Waals surface area contributed by atoms with Crippen LogP contribution in [0.2, 0.25) is 13.1 Å². The Morgan fingerprint density at radius 2 is 0.550 bits per heavy atom. The Balaban J connectivity index is 0.000000355. The van der Waals surface area contributed by atoms with E-state index < -0.39 is 17.6 Å². The first-order valence-electron chi connectivity index (χ1n) is 19.0. The van der Waals surface area contributed by atoms with Crippen molar-refractivity contribution in [3.05, 3.63) is 255 Å². The second-order valence-corrected chi connectivity index (χ2v) is 17.8. The van der Waals surface area contributed by atoms with Crippen molar-refractivity contribution in [2.45, 2.75) is 13.1 Å². The van der Waals surface area contributed by atoms with Gasteiger partial charge in [0.25, 0.3) is 0 Å². The number of benzene rings is 6. The van der Waals surface area contributed by atoms with Gasteiger partial charge >= 0.3 is 52.4 Å². The van der Waals surface area contributed by atoms with Crippen molar-refractivity contribution in [2.75, 3.05) is 0 Å². The summed E-state index contributed by atoms with van der Waals surface area (Å²) in [6.07, 6.45) is 0. The van der Waals surface area contributed by atoms with Crippen molar-refractivity contribution in [2.24, 2.45) is 0 Å². The van der Waals surface area contributed by atoms with E-state index in [1.807, 2.05) is 12.1 Å². The maximum absolute atomic E-state index is 3.78. The van der Waals surface area contributed by atoms with Gasteiger partial charge in [-0.05, 0) is 0 Å². The van der Waals surface area contributed by atoms with E-state index >= 15 is 0 Å². The summed E-state index contributed by atoms with van der Waals surface area (Å²) in [4.78, 5) is 0. The Labute approximate surface area is 412 Å². The van der Waals surface area contributed by atoms with E-state index in [2.05, 4.69) is 256 Å². The summed E-state index contributed by atoms with van der Waals surface area (Å²) in [5.74, 6) is 0. The van der Waals surface area contributed by atoms with Gasteiger partial charge in [-0.15, -0.1) is 132 Å². The monoisotopic (exact) mass is 1000 g/mol. The average molecular weight is 1010 g/mol. The van der Waals surface area contributed by atoms with Crippen LogP contribution in [0.1, 0.15) is 0 Å². The second kappa shape index (κ2) is 31.0. The van der Waals surface area contributed by atoms with Gasteiger partial charge < -0.3 is 24.8 Å². The molecule has 0 spiro atoms. The average Bonchev–Trinajstić information content (AvgIpc) is 4.12. The minimum absolute atomic E-state index is 0. The minimum atomic E-state index is -0.443. The summed E-state index contributed by atoms with van der Waals surface area (Å²) in [7, 11) is -0.885. The fraction of sp³-hybridized carbons (Fsp3) is 0.0370. The van der Waals surface area contributed by atoms with Gasteiger partial charge in [0.05, 0.1) is 0 Å². The van der Waals surface area contributed by atoms with Gasteiger partial charge in [0.15, 0.2) is 0 Å². The first-order valence-corrected chi connectivity index (χ1v) is 23.2. The van der Waals surface area contributed by atoms with E-state index in [-0.39, 0.29) is 77.2 Å². The molecule has 2 radical (unpaired) electrons.